The molecule has 0 aliphatic heterocycles. The van der Waals surface area contributed by atoms with Crippen LogP contribution in [0.25, 0.3) is 0 Å². The molecule has 0 fully saturated rings. The molecule has 110 valence electrons. The van der Waals surface area contributed by atoms with Gasteiger partial charge in [0.1, 0.15) is 0 Å². The van der Waals surface area contributed by atoms with Crippen molar-refractivity contribution >= 4 is 38.9 Å². The number of nitrogen functional groups attached to an aromatic ring is 1. The molecule has 1 amide bonds. The number of rotatable bonds is 3. The standard InChI is InChI=1S/C16H18BrN3O/c1-10-8-12(5-7-14(10)17)19-15-9-11(18)4-6-13(15)16(21)20(2)3/h4-9,19H,18H2,1-3H3. The molecule has 2 aromatic carbocycles. The van der Waals surface area contributed by atoms with Gasteiger partial charge in [0.05, 0.1) is 11.3 Å². The third kappa shape index (κ3) is 3.55. The van der Waals surface area contributed by atoms with Crippen LogP contribution in [0.2, 0.25) is 0 Å². The van der Waals surface area contributed by atoms with Gasteiger partial charge >= 0.3 is 0 Å². The smallest absolute Gasteiger partial charge is 0.255 e. The Labute approximate surface area is 133 Å². The van der Waals surface area contributed by atoms with Gasteiger partial charge in [-0.1, -0.05) is 15.9 Å². The van der Waals surface area contributed by atoms with Crippen molar-refractivity contribution in [2.45, 2.75) is 6.92 Å². The number of aryl methyl sites for hydroxylation is 1. The van der Waals surface area contributed by atoms with Gasteiger partial charge in [-0.3, -0.25) is 4.79 Å². The fourth-order valence-electron chi connectivity index (χ4n) is 1.97. The van der Waals surface area contributed by atoms with E-state index in [1.54, 1.807) is 37.2 Å². The summed E-state index contributed by atoms with van der Waals surface area (Å²) in [4.78, 5) is 13.8. The molecule has 0 radical (unpaired) electrons. The molecule has 0 spiro atoms. The summed E-state index contributed by atoms with van der Waals surface area (Å²) >= 11 is 3.47. The third-order valence-corrected chi connectivity index (χ3v) is 4.01. The van der Waals surface area contributed by atoms with Gasteiger partial charge in [-0.2, -0.15) is 0 Å². The summed E-state index contributed by atoms with van der Waals surface area (Å²) in [7, 11) is 3.46. The first-order valence-electron chi connectivity index (χ1n) is 6.53. The zero-order valence-electron chi connectivity index (χ0n) is 12.3. The second-order valence-electron chi connectivity index (χ2n) is 5.09. The average molecular weight is 348 g/mol. The first kappa shape index (κ1) is 15.4. The van der Waals surface area contributed by atoms with Gasteiger partial charge in [0, 0.05) is 29.9 Å². The quantitative estimate of drug-likeness (QED) is 0.830. The Morgan fingerprint density at radius 1 is 1.19 bits per heavy atom. The maximum Gasteiger partial charge on any atom is 0.255 e. The second-order valence-corrected chi connectivity index (χ2v) is 5.95. The van der Waals surface area contributed by atoms with Crippen LogP contribution in [0.3, 0.4) is 0 Å². The van der Waals surface area contributed by atoms with E-state index in [1.165, 1.54) is 0 Å². The van der Waals surface area contributed by atoms with Crippen molar-refractivity contribution in [2.24, 2.45) is 0 Å². The van der Waals surface area contributed by atoms with E-state index in [9.17, 15) is 4.79 Å². The van der Waals surface area contributed by atoms with Gasteiger partial charge in [0.2, 0.25) is 0 Å². The minimum absolute atomic E-state index is 0.0636. The van der Waals surface area contributed by atoms with Gasteiger partial charge in [-0.25, -0.2) is 0 Å². The zero-order chi connectivity index (χ0) is 15.6. The van der Waals surface area contributed by atoms with Gasteiger partial charge in [0.15, 0.2) is 0 Å². The van der Waals surface area contributed by atoms with Gasteiger partial charge in [-0.15, -0.1) is 0 Å². The van der Waals surface area contributed by atoms with Crippen LogP contribution in [0.15, 0.2) is 40.9 Å². The van der Waals surface area contributed by atoms with Crippen molar-refractivity contribution in [1.82, 2.24) is 4.90 Å². The number of nitrogens with two attached hydrogens (primary N) is 1. The fraction of sp³-hybridized carbons (Fsp3) is 0.188. The monoisotopic (exact) mass is 347 g/mol. The number of nitrogens with zero attached hydrogens (tertiary/aromatic N) is 1. The molecule has 0 heterocycles. The van der Waals surface area contributed by atoms with Crippen LogP contribution in [0.4, 0.5) is 17.1 Å². The predicted molar refractivity (Wildman–Crippen MR) is 91.0 cm³/mol. The number of carbonyl (C=O) groups is 1. The van der Waals surface area contributed by atoms with Crippen LogP contribution < -0.4 is 11.1 Å². The van der Waals surface area contributed by atoms with Crippen molar-refractivity contribution in [3.05, 3.63) is 52.0 Å². The Morgan fingerprint density at radius 3 is 2.52 bits per heavy atom. The van der Waals surface area contributed by atoms with Gasteiger partial charge in [-0.05, 0) is 48.9 Å². The Hall–Kier alpha value is -2.01. The van der Waals surface area contributed by atoms with Crippen LogP contribution in [0.1, 0.15) is 15.9 Å². The van der Waals surface area contributed by atoms with E-state index in [1.807, 2.05) is 25.1 Å². The summed E-state index contributed by atoms with van der Waals surface area (Å²) in [5, 5.41) is 3.27. The van der Waals surface area contributed by atoms with Crippen molar-refractivity contribution in [1.29, 1.82) is 0 Å². The molecule has 5 heteroatoms. The second kappa shape index (κ2) is 6.18. The number of benzene rings is 2. The summed E-state index contributed by atoms with van der Waals surface area (Å²) in [6.07, 6.45) is 0. The molecule has 2 aromatic rings. The highest BCUT2D eigenvalue weighted by Crippen LogP contribution is 2.27. The lowest BCUT2D eigenvalue weighted by Gasteiger charge is -2.16. The Morgan fingerprint density at radius 2 is 1.90 bits per heavy atom. The summed E-state index contributed by atoms with van der Waals surface area (Å²) < 4.78 is 1.05. The number of anilines is 3. The fourth-order valence-corrected chi connectivity index (χ4v) is 2.22. The van der Waals surface area contributed by atoms with Gasteiger partial charge in [0.25, 0.3) is 5.91 Å². The Balaban J connectivity index is 2.40. The van der Waals surface area contributed by atoms with Crippen LogP contribution in [0, 0.1) is 6.92 Å². The highest BCUT2D eigenvalue weighted by molar-refractivity contribution is 9.10. The normalized spacial score (nSPS) is 10.3. The van der Waals surface area contributed by atoms with Crippen LogP contribution >= 0.6 is 15.9 Å². The Bertz CT molecular complexity index is 683. The van der Waals surface area contributed by atoms with E-state index in [0.717, 1.165) is 15.7 Å². The minimum atomic E-state index is -0.0636. The lowest BCUT2D eigenvalue weighted by atomic mass is 10.1. The molecule has 0 atom stereocenters. The molecule has 0 saturated heterocycles. The number of nitrogens with one attached hydrogen (secondary N) is 1. The molecule has 0 saturated carbocycles. The summed E-state index contributed by atoms with van der Waals surface area (Å²) in [6.45, 7) is 2.01. The summed E-state index contributed by atoms with van der Waals surface area (Å²) in [6, 6.07) is 11.2. The van der Waals surface area contributed by atoms with E-state index in [2.05, 4.69) is 21.2 Å². The predicted octanol–water partition coefficient (Wildman–Crippen LogP) is 3.79. The zero-order valence-corrected chi connectivity index (χ0v) is 13.9. The number of carbonyl (C=O) groups excluding carboxylic acids is 1. The molecule has 4 nitrogen and oxygen atoms in total. The van der Waals surface area contributed by atoms with Crippen molar-refractivity contribution in [2.75, 3.05) is 25.1 Å². The van der Waals surface area contributed by atoms with Crippen molar-refractivity contribution in [3.8, 4) is 0 Å². The minimum Gasteiger partial charge on any atom is -0.399 e. The molecule has 0 aliphatic rings. The van der Waals surface area contributed by atoms with Crippen molar-refractivity contribution in [3.63, 3.8) is 0 Å². The highest BCUT2D eigenvalue weighted by atomic mass is 79.9. The summed E-state index contributed by atoms with van der Waals surface area (Å²) in [5.41, 5.74) is 9.77. The molecule has 2 rings (SSSR count). The largest absolute Gasteiger partial charge is 0.399 e. The maximum atomic E-state index is 12.2. The van der Waals surface area contributed by atoms with Crippen LogP contribution in [0.5, 0.6) is 0 Å². The van der Waals surface area contributed by atoms with E-state index in [4.69, 9.17) is 5.73 Å². The third-order valence-electron chi connectivity index (χ3n) is 3.12. The highest BCUT2D eigenvalue weighted by Gasteiger charge is 2.14. The van der Waals surface area contributed by atoms with E-state index < -0.39 is 0 Å². The SMILES string of the molecule is Cc1cc(Nc2cc(N)ccc2C(=O)N(C)C)ccc1Br. The van der Waals surface area contributed by atoms with Crippen LogP contribution in [-0.4, -0.2) is 24.9 Å². The lowest BCUT2D eigenvalue weighted by Crippen LogP contribution is -2.22. The topological polar surface area (TPSA) is 58.4 Å². The maximum absolute atomic E-state index is 12.2. The van der Waals surface area contributed by atoms with E-state index in [-0.39, 0.29) is 5.91 Å². The molecule has 3 N–H and O–H groups in total. The summed E-state index contributed by atoms with van der Waals surface area (Å²) in [5.74, 6) is -0.0636. The number of halogens is 1. The first-order valence-corrected chi connectivity index (χ1v) is 7.32. The number of hydrogen-bond acceptors (Lipinski definition) is 3. The number of amides is 1. The lowest BCUT2D eigenvalue weighted by molar-refractivity contribution is 0.0828. The Kier molecular flexibility index (Phi) is 4.53. The molecule has 0 unspecified atom stereocenters. The van der Waals surface area contributed by atoms with E-state index in [0.29, 0.717) is 16.9 Å². The molecule has 21 heavy (non-hydrogen) atoms. The molecule has 0 bridgehead atoms. The van der Waals surface area contributed by atoms with Gasteiger partial charge < -0.3 is 16.0 Å². The van der Waals surface area contributed by atoms with Crippen molar-refractivity contribution < 1.29 is 4.79 Å². The molecular formula is C16H18BrN3O. The van der Waals surface area contributed by atoms with Crippen LogP contribution in [-0.2, 0) is 0 Å². The number of hydrogen-bond donors (Lipinski definition) is 2. The molecular weight excluding hydrogens is 330 g/mol. The first-order chi connectivity index (χ1) is 9.88. The molecule has 0 aromatic heterocycles. The molecule has 0 aliphatic carbocycles. The average Bonchev–Trinajstić information content (AvgIpc) is 2.42. The van der Waals surface area contributed by atoms with E-state index >= 15 is 0 Å².